The molecule has 3 fully saturated rings. The Morgan fingerprint density at radius 2 is 1.94 bits per heavy atom. The molecule has 7 rings (SSSR count). The Balaban J connectivity index is 1.27. The molecule has 47 heavy (non-hydrogen) atoms. The summed E-state index contributed by atoms with van der Waals surface area (Å²) in [6, 6.07) is 7.49. The minimum atomic E-state index is -0.870. The molecule has 4 aliphatic heterocycles. The largest absolute Gasteiger partial charge is 0.335 e. The Morgan fingerprint density at radius 3 is 2.57 bits per heavy atom. The maximum absolute atomic E-state index is 15.0. The van der Waals surface area contributed by atoms with Crippen molar-refractivity contribution in [2.24, 2.45) is 10.9 Å². The molecule has 12 heteroatoms. The minimum Gasteiger partial charge on any atom is -0.335 e. The molecule has 1 saturated carbocycles. The molecule has 2 amide bonds. The molecule has 2 saturated heterocycles. The van der Waals surface area contributed by atoms with Crippen LogP contribution in [-0.4, -0.2) is 73.4 Å². The monoisotopic (exact) mass is 698 g/mol. The number of likely N-dealkylation sites (tertiary alicyclic amines) is 1. The first-order valence-electron chi connectivity index (χ1n) is 16.6. The van der Waals surface area contributed by atoms with Crippen molar-refractivity contribution in [3.63, 3.8) is 0 Å². The molecule has 0 unspecified atom stereocenters. The van der Waals surface area contributed by atoms with Gasteiger partial charge in [-0.05, 0) is 87.4 Å². The van der Waals surface area contributed by atoms with Gasteiger partial charge in [0.1, 0.15) is 27.5 Å². The maximum Gasteiger partial charge on any atom is 0.263 e. The van der Waals surface area contributed by atoms with Gasteiger partial charge in [-0.15, -0.1) is 0 Å². The van der Waals surface area contributed by atoms with E-state index in [-0.39, 0.29) is 40.4 Å². The summed E-state index contributed by atoms with van der Waals surface area (Å²) in [5.74, 6) is -0.670. The number of hydrogen-bond donors (Lipinski definition) is 1. The van der Waals surface area contributed by atoms with E-state index >= 15 is 4.39 Å². The van der Waals surface area contributed by atoms with E-state index in [1.54, 1.807) is 18.3 Å². The van der Waals surface area contributed by atoms with Gasteiger partial charge in [0, 0.05) is 48.2 Å². The highest BCUT2D eigenvalue weighted by molar-refractivity contribution is 8.18. The van der Waals surface area contributed by atoms with Crippen LogP contribution in [0.1, 0.15) is 83.9 Å². The average Bonchev–Trinajstić information content (AvgIpc) is 3.37. The van der Waals surface area contributed by atoms with Crippen molar-refractivity contribution >= 4 is 51.9 Å². The summed E-state index contributed by atoms with van der Waals surface area (Å²) in [6.07, 6.45) is 6.15. The lowest BCUT2D eigenvalue weighted by molar-refractivity contribution is -0.146. The molecule has 8 nitrogen and oxygen atoms in total. The molecule has 1 aliphatic carbocycles. The number of carbonyl (C=O) groups is 2. The van der Waals surface area contributed by atoms with Crippen molar-refractivity contribution in [2.75, 3.05) is 13.1 Å². The predicted molar refractivity (Wildman–Crippen MR) is 185 cm³/mol. The molecule has 1 spiro atoms. The number of benzene rings is 1. The number of fused-ring (bicyclic) bond motifs is 1. The Kier molecular flexibility index (Phi) is 8.42. The molecule has 5 heterocycles. The van der Waals surface area contributed by atoms with Gasteiger partial charge in [0.15, 0.2) is 5.17 Å². The van der Waals surface area contributed by atoms with Crippen LogP contribution in [0.2, 0.25) is 10.2 Å². The summed E-state index contributed by atoms with van der Waals surface area (Å²) < 4.78 is 15.0. The van der Waals surface area contributed by atoms with Crippen LogP contribution < -0.4 is 5.32 Å². The van der Waals surface area contributed by atoms with Crippen molar-refractivity contribution < 1.29 is 14.0 Å². The smallest absolute Gasteiger partial charge is 0.263 e. The standard InChI is InChI=1S/C35H41Cl2FN6O2S/c1-6-23-17-40-35(13-14-35)18-42(23)31(45)26-11-7-20(4)43(26)32(46)29-28(19(2)3)44-30(21-8-10-24(36)25(38)15-21)34(5,41-33(44)47-29)22-9-12-27(37)39-16-22/h8-10,12,15-16,19-20,23,26,30,40H,6-7,11,13-14,17-18H2,1-5H3/t20-,23-,26-,30-,34+/m1/s1. The van der Waals surface area contributed by atoms with Crippen LogP contribution in [0.3, 0.4) is 0 Å². The molecule has 0 radical (unpaired) electrons. The van der Waals surface area contributed by atoms with E-state index in [0.717, 1.165) is 43.5 Å². The molecule has 1 N–H and O–H groups in total. The first kappa shape index (κ1) is 32.9. The van der Waals surface area contributed by atoms with Gasteiger partial charge in [-0.3, -0.25) is 9.59 Å². The predicted octanol–water partition coefficient (Wildman–Crippen LogP) is 6.89. The molecule has 5 aliphatic rings. The second-order valence-electron chi connectivity index (χ2n) is 14.2. The van der Waals surface area contributed by atoms with Crippen LogP contribution in [0.5, 0.6) is 0 Å². The van der Waals surface area contributed by atoms with Crippen molar-refractivity contribution in [2.45, 2.75) is 102 Å². The number of amidine groups is 1. The Bertz CT molecular complexity index is 1680. The fourth-order valence-corrected chi connectivity index (χ4v) is 9.51. The van der Waals surface area contributed by atoms with Gasteiger partial charge < -0.3 is 20.0 Å². The molecule has 2 aromatic rings. The van der Waals surface area contributed by atoms with Crippen LogP contribution >= 0.6 is 35.0 Å². The van der Waals surface area contributed by atoms with Gasteiger partial charge in [-0.2, -0.15) is 0 Å². The molecule has 0 bridgehead atoms. The molecule has 250 valence electrons. The van der Waals surface area contributed by atoms with Crippen LogP contribution in [0.15, 0.2) is 52.1 Å². The van der Waals surface area contributed by atoms with E-state index in [9.17, 15) is 9.59 Å². The summed E-state index contributed by atoms with van der Waals surface area (Å²) in [4.78, 5) is 45.2. The van der Waals surface area contributed by atoms with Gasteiger partial charge in [-0.25, -0.2) is 14.4 Å². The lowest BCUT2D eigenvalue weighted by Gasteiger charge is -2.43. The maximum atomic E-state index is 15.0. The topological polar surface area (TPSA) is 81.1 Å². The summed E-state index contributed by atoms with van der Waals surface area (Å²) >= 11 is 13.6. The van der Waals surface area contributed by atoms with E-state index < -0.39 is 23.4 Å². The molecule has 5 atom stereocenters. The lowest BCUT2D eigenvalue weighted by Crippen LogP contribution is -2.62. The third-order valence-electron chi connectivity index (χ3n) is 10.7. The summed E-state index contributed by atoms with van der Waals surface area (Å²) in [5, 5.41) is 4.74. The lowest BCUT2D eigenvalue weighted by atomic mass is 9.81. The van der Waals surface area contributed by atoms with Gasteiger partial charge >= 0.3 is 0 Å². The van der Waals surface area contributed by atoms with E-state index in [1.165, 1.54) is 17.8 Å². The Morgan fingerprint density at radius 1 is 1.17 bits per heavy atom. The minimum absolute atomic E-state index is 0.0372. The number of allylic oxidation sites excluding steroid dienone is 1. The first-order chi connectivity index (χ1) is 22.4. The van der Waals surface area contributed by atoms with Crippen molar-refractivity contribution in [3.8, 4) is 0 Å². The van der Waals surface area contributed by atoms with Crippen molar-refractivity contribution in [1.82, 2.24) is 25.0 Å². The number of hydrogen-bond acceptors (Lipinski definition) is 7. The van der Waals surface area contributed by atoms with E-state index in [1.807, 2.05) is 30.9 Å². The van der Waals surface area contributed by atoms with Crippen molar-refractivity contribution in [3.05, 3.63) is 74.3 Å². The number of nitrogens with one attached hydrogen (secondary N) is 1. The summed E-state index contributed by atoms with van der Waals surface area (Å²) in [5.41, 5.74) is 1.48. The quantitative estimate of drug-likeness (QED) is 0.331. The number of thioether (sulfide) groups is 1. The van der Waals surface area contributed by atoms with Crippen LogP contribution in [0.4, 0.5) is 4.39 Å². The average molecular weight is 700 g/mol. The van der Waals surface area contributed by atoms with Gasteiger partial charge in [0.25, 0.3) is 5.91 Å². The zero-order valence-corrected chi connectivity index (χ0v) is 29.7. The third kappa shape index (κ3) is 5.47. The second kappa shape index (κ2) is 12.0. The van der Waals surface area contributed by atoms with Crippen LogP contribution in [0.25, 0.3) is 0 Å². The molecule has 1 aromatic carbocycles. The number of pyridine rings is 1. The van der Waals surface area contributed by atoms with Gasteiger partial charge in [0.2, 0.25) is 5.91 Å². The number of piperazine rings is 1. The second-order valence-corrected chi connectivity index (χ2v) is 15.9. The molecule has 1 aromatic heterocycles. The number of aliphatic imine (C=N–C) groups is 1. The highest BCUT2D eigenvalue weighted by Crippen LogP contribution is 2.56. The first-order valence-corrected chi connectivity index (χ1v) is 18.2. The zero-order chi connectivity index (χ0) is 33.4. The number of nitrogens with zero attached hydrogens (tertiary/aromatic N) is 5. The van der Waals surface area contributed by atoms with Gasteiger partial charge in [0.05, 0.1) is 11.1 Å². The zero-order valence-electron chi connectivity index (χ0n) is 27.4. The highest BCUT2D eigenvalue weighted by atomic mass is 35.5. The van der Waals surface area contributed by atoms with Crippen LogP contribution in [-0.2, 0) is 15.1 Å². The number of aromatic nitrogens is 1. The normalized spacial score (nSPS) is 29.6. The van der Waals surface area contributed by atoms with E-state index in [0.29, 0.717) is 33.8 Å². The van der Waals surface area contributed by atoms with E-state index in [2.05, 4.69) is 40.9 Å². The number of carbonyl (C=O) groups excluding carboxylic acids is 2. The van der Waals surface area contributed by atoms with Gasteiger partial charge in [-0.1, -0.05) is 56.1 Å². The van der Waals surface area contributed by atoms with Crippen LogP contribution in [0, 0.1) is 11.7 Å². The molecular weight excluding hydrogens is 658 g/mol. The molecular formula is C35H41Cl2FN6O2S. The number of amides is 2. The summed E-state index contributed by atoms with van der Waals surface area (Å²) in [7, 11) is 0. The van der Waals surface area contributed by atoms with E-state index in [4.69, 9.17) is 28.2 Å². The fraction of sp³-hybridized carbons (Fsp3) is 0.543. The Hall–Kier alpha value is -2.66. The Labute approximate surface area is 290 Å². The summed E-state index contributed by atoms with van der Waals surface area (Å²) in [6.45, 7) is 11.8. The highest BCUT2D eigenvalue weighted by Gasteiger charge is 2.55. The number of halogens is 3. The fourth-order valence-electron chi connectivity index (χ4n) is 7.93. The third-order valence-corrected chi connectivity index (χ3v) is 12.3. The SMILES string of the molecule is CC[C@@H]1CNC2(CC2)CN1C(=O)[C@H]1CC[C@@H](C)N1C(=O)C1=C(C(C)C)N2C(=N[C@@](C)(c3ccc(Cl)nc3)[C@H]2c2ccc(Cl)c(F)c2)S1. The van der Waals surface area contributed by atoms with Crippen molar-refractivity contribution in [1.29, 1.82) is 0 Å². The number of rotatable bonds is 6.